The van der Waals surface area contributed by atoms with Gasteiger partial charge in [0.25, 0.3) is 0 Å². The van der Waals surface area contributed by atoms with E-state index in [2.05, 4.69) is 57.7 Å². The van der Waals surface area contributed by atoms with E-state index in [9.17, 15) is 4.79 Å². The standard InChI is InChI=1S/C24H26N4O2/c25-24(29)20-8-11-23(27-14-20)30-22-9-6-19(7-10-22)17-28(21-12-13-26-15-21)16-18-4-2-1-3-5-18/h1-11,14,21,26H,12-13,15-17H2,(H2,25,29)/t21-/m0/s1. The second kappa shape index (κ2) is 9.52. The highest BCUT2D eigenvalue weighted by atomic mass is 16.5. The van der Waals surface area contributed by atoms with Crippen molar-refractivity contribution in [3.05, 3.63) is 89.6 Å². The van der Waals surface area contributed by atoms with Crippen LogP contribution in [0.5, 0.6) is 11.6 Å². The van der Waals surface area contributed by atoms with Crippen molar-refractivity contribution in [1.82, 2.24) is 15.2 Å². The summed E-state index contributed by atoms with van der Waals surface area (Å²) < 4.78 is 5.78. The number of carbonyl (C=O) groups excluding carboxylic acids is 1. The lowest BCUT2D eigenvalue weighted by atomic mass is 10.1. The Balaban J connectivity index is 1.41. The Hall–Kier alpha value is -3.22. The average molecular weight is 402 g/mol. The van der Waals surface area contributed by atoms with E-state index < -0.39 is 5.91 Å². The summed E-state index contributed by atoms with van der Waals surface area (Å²) in [5, 5.41) is 3.47. The predicted molar refractivity (Wildman–Crippen MR) is 116 cm³/mol. The lowest BCUT2D eigenvalue weighted by Crippen LogP contribution is -2.35. The van der Waals surface area contributed by atoms with Gasteiger partial charge in [0.15, 0.2) is 0 Å². The van der Waals surface area contributed by atoms with E-state index in [1.165, 1.54) is 23.7 Å². The van der Waals surface area contributed by atoms with E-state index in [4.69, 9.17) is 10.5 Å². The molecule has 4 rings (SSSR count). The molecule has 1 fully saturated rings. The van der Waals surface area contributed by atoms with Crippen molar-refractivity contribution < 1.29 is 9.53 Å². The van der Waals surface area contributed by atoms with Crippen molar-refractivity contribution in [3.63, 3.8) is 0 Å². The Kier molecular flexibility index (Phi) is 6.37. The third-order valence-electron chi connectivity index (χ3n) is 5.33. The van der Waals surface area contributed by atoms with Crippen molar-refractivity contribution in [1.29, 1.82) is 0 Å². The molecule has 2 heterocycles. The van der Waals surface area contributed by atoms with Crippen LogP contribution >= 0.6 is 0 Å². The largest absolute Gasteiger partial charge is 0.439 e. The highest BCUT2D eigenvalue weighted by Gasteiger charge is 2.22. The number of benzene rings is 2. The van der Waals surface area contributed by atoms with Crippen LogP contribution in [0.3, 0.4) is 0 Å². The molecule has 3 aromatic rings. The molecular weight excluding hydrogens is 376 g/mol. The van der Waals surface area contributed by atoms with Gasteiger partial charge in [-0.1, -0.05) is 42.5 Å². The quantitative estimate of drug-likeness (QED) is 0.604. The summed E-state index contributed by atoms with van der Waals surface area (Å²) >= 11 is 0. The van der Waals surface area contributed by atoms with Crippen molar-refractivity contribution in [3.8, 4) is 11.6 Å². The summed E-state index contributed by atoms with van der Waals surface area (Å²) in [5.41, 5.74) is 8.16. The Morgan fingerprint density at radius 2 is 1.77 bits per heavy atom. The molecule has 6 heteroatoms. The van der Waals surface area contributed by atoms with Crippen LogP contribution in [0.4, 0.5) is 0 Å². The molecule has 30 heavy (non-hydrogen) atoms. The maximum absolute atomic E-state index is 11.1. The fourth-order valence-corrected chi connectivity index (χ4v) is 3.69. The minimum absolute atomic E-state index is 0.359. The van der Waals surface area contributed by atoms with Crippen LogP contribution in [0.1, 0.15) is 27.9 Å². The number of ether oxygens (including phenoxy) is 1. The number of aromatic nitrogens is 1. The van der Waals surface area contributed by atoms with Crippen LogP contribution < -0.4 is 15.8 Å². The Labute approximate surface area is 176 Å². The van der Waals surface area contributed by atoms with Crippen LogP contribution in [0, 0.1) is 0 Å². The molecule has 1 aliphatic heterocycles. The molecule has 0 bridgehead atoms. The van der Waals surface area contributed by atoms with Gasteiger partial charge in [-0.05, 0) is 42.3 Å². The Morgan fingerprint density at radius 3 is 2.37 bits per heavy atom. The molecule has 2 aromatic carbocycles. The molecule has 1 aromatic heterocycles. The van der Waals surface area contributed by atoms with Gasteiger partial charge in [-0.2, -0.15) is 0 Å². The van der Waals surface area contributed by atoms with Gasteiger partial charge < -0.3 is 15.8 Å². The van der Waals surface area contributed by atoms with Crippen LogP contribution in [-0.4, -0.2) is 34.9 Å². The molecular formula is C24H26N4O2. The van der Waals surface area contributed by atoms with Gasteiger partial charge in [0.05, 0.1) is 5.56 Å². The summed E-state index contributed by atoms with van der Waals surface area (Å²) in [7, 11) is 0. The van der Waals surface area contributed by atoms with Gasteiger partial charge >= 0.3 is 0 Å². The molecule has 1 aliphatic rings. The van der Waals surface area contributed by atoms with Crippen LogP contribution in [0.15, 0.2) is 72.9 Å². The molecule has 1 saturated heterocycles. The predicted octanol–water partition coefficient (Wildman–Crippen LogP) is 3.34. The number of carbonyl (C=O) groups is 1. The van der Waals surface area contributed by atoms with Crippen LogP contribution in [0.25, 0.3) is 0 Å². The minimum atomic E-state index is -0.504. The monoisotopic (exact) mass is 402 g/mol. The number of nitrogens with zero attached hydrogens (tertiary/aromatic N) is 2. The third kappa shape index (κ3) is 5.23. The number of pyridine rings is 1. The van der Waals surface area contributed by atoms with Gasteiger partial charge in [-0.25, -0.2) is 4.98 Å². The second-order valence-corrected chi connectivity index (χ2v) is 7.53. The van der Waals surface area contributed by atoms with Gasteiger partial charge in [-0.15, -0.1) is 0 Å². The summed E-state index contributed by atoms with van der Waals surface area (Å²) in [4.78, 5) is 17.8. The highest BCUT2D eigenvalue weighted by molar-refractivity contribution is 5.92. The fourth-order valence-electron chi connectivity index (χ4n) is 3.69. The van der Waals surface area contributed by atoms with Crippen molar-refractivity contribution in [2.45, 2.75) is 25.6 Å². The molecule has 0 aliphatic carbocycles. The fraction of sp³-hybridized carbons (Fsp3) is 0.250. The number of primary amides is 1. The number of hydrogen-bond acceptors (Lipinski definition) is 5. The molecule has 6 nitrogen and oxygen atoms in total. The first-order valence-electron chi connectivity index (χ1n) is 10.2. The first-order chi connectivity index (χ1) is 14.7. The second-order valence-electron chi connectivity index (χ2n) is 7.53. The minimum Gasteiger partial charge on any atom is -0.439 e. The van der Waals surface area contributed by atoms with Crippen molar-refractivity contribution in [2.24, 2.45) is 5.73 Å². The zero-order valence-electron chi connectivity index (χ0n) is 16.8. The first-order valence-corrected chi connectivity index (χ1v) is 10.2. The van der Waals surface area contributed by atoms with Gasteiger partial charge in [-0.3, -0.25) is 9.69 Å². The molecule has 0 saturated carbocycles. The van der Waals surface area contributed by atoms with Crippen LogP contribution in [-0.2, 0) is 13.1 Å². The molecule has 0 spiro atoms. The zero-order chi connectivity index (χ0) is 20.8. The molecule has 0 radical (unpaired) electrons. The highest BCUT2D eigenvalue weighted by Crippen LogP contribution is 2.22. The molecule has 1 atom stereocenters. The summed E-state index contributed by atoms with van der Waals surface area (Å²) in [6.45, 7) is 3.92. The molecule has 154 valence electrons. The van der Waals surface area contributed by atoms with E-state index in [0.29, 0.717) is 23.2 Å². The number of nitrogens with one attached hydrogen (secondary N) is 1. The normalized spacial score (nSPS) is 16.0. The maximum Gasteiger partial charge on any atom is 0.250 e. The van der Waals surface area contributed by atoms with Gasteiger partial charge in [0, 0.05) is 37.9 Å². The van der Waals surface area contributed by atoms with E-state index >= 15 is 0 Å². The Morgan fingerprint density at radius 1 is 1.03 bits per heavy atom. The molecule has 1 amide bonds. The summed E-state index contributed by atoms with van der Waals surface area (Å²) in [6.07, 6.45) is 2.59. The van der Waals surface area contributed by atoms with Gasteiger partial charge in [0.2, 0.25) is 11.8 Å². The smallest absolute Gasteiger partial charge is 0.250 e. The number of amides is 1. The maximum atomic E-state index is 11.1. The number of hydrogen-bond donors (Lipinski definition) is 2. The summed E-state index contributed by atoms with van der Waals surface area (Å²) in [5.74, 6) is 0.627. The summed E-state index contributed by atoms with van der Waals surface area (Å²) in [6, 6.07) is 22.5. The lowest BCUT2D eigenvalue weighted by Gasteiger charge is -2.28. The number of nitrogens with two attached hydrogens (primary N) is 1. The third-order valence-corrected chi connectivity index (χ3v) is 5.33. The van der Waals surface area contributed by atoms with Crippen LogP contribution in [0.2, 0.25) is 0 Å². The van der Waals surface area contributed by atoms with E-state index in [0.717, 1.165) is 26.2 Å². The molecule has 0 unspecified atom stereocenters. The van der Waals surface area contributed by atoms with E-state index in [1.807, 2.05) is 12.1 Å². The average Bonchev–Trinajstić information content (AvgIpc) is 3.31. The van der Waals surface area contributed by atoms with E-state index in [-0.39, 0.29) is 0 Å². The Bertz CT molecular complexity index is 953. The molecule has 3 N–H and O–H groups in total. The SMILES string of the molecule is NC(=O)c1ccc(Oc2ccc(CN(Cc3ccccc3)[C@H]3CCNC3)cc2)nc1. The first kappa shape index (κ1) is 20.1. The van der Waals surface area contributed by atoms with Crippen molar-refractivity contribution in [2.75, 3.05) is 13.1 Å². The zero-order valence-corrected chi connectivity index (χ0v) is 16.8. The number of rotatable bonds is 8. The lowest BCUT2D eigenvalue weighted by molar-refractivity contribution is 0.1000. The van der Waals surface area contributed by atoms with Crippen molar-refractivity contribution >= 4 is 5.91 Å². The van der Waals surface area contributed by atoms with E-state index in [1.54, 1.807) is 12.1 Å². The van der Waals surface area contributed by atoms with Gasteiger partial charge in [0.1, 0.15) is 5.75 Å². The topological polar surface area (TPSA) is 80.5 Å².